The Morgan fingerprint density at radius 2 is 1.86 bits per heavy atom. The molecule has 0 aliphatic rings. The second-order valence-electron chi connectivity index (χ2n) is 6.08. The van der Waals surface area contributed by atoms with E-state index in [-0.39, 0.29) is 25.4 Å². The van der Waals surface area contributed by atoms with Crippen molar-refractivity contribution in [2.45, 2.75) is 6.54 Å². The van der Waals surface area contributed by atoms with Gasteiger partial charge in [-0.15, -0.1) is 0 Å². The lowest BCUT2D eigenvalue weighted by atomic mass is 10.2. The molecule has 0 aliphatic heterocycles. The van der Waals surface area contributed by atoms with Crippen LogP contribution in [0.2, 0.25) is 5.02 Å². The fraction of sp³-hybridized carbons (Fsp3) is 0.316. The molecule has 0 radical (unpaired) electrons. The number of para-hydroxylation sites is 2. The molecule has 2 amide bonds. The molecular formula is C19H23ClN2O6S. The SMILES string of the molecule is COCCN(Cc1cc(Cl)ccc1OS(C)(=O)=O)C(=O)Nc1ccccc1OC. The maximum Gasteiger partial charge on any atom is 0.322 e. The monoisotopic (exact) mass is 442 g/mol. The lowest BCUT2D eigenvalue weighted by Gasteiger charge is -2.24. The van der Waals surface area contributed by atoms with Gasteiger partial charge in [-0.1, -0.05) is 23.7 Å². The molecule has 2 rings (SSSR count). The van der Waals surface area contributed by atoms with Crippen molar-refractivity contribution >= 4 is 33.4 Å². The predicted octanol–water partition coefficient (Wildman–Crippen LogP) is 3.37. The van der Waals surface area contributed by atoms with Gasteiger partial charge in [0.1, 0.15) is 11.5 Å². The average Bonchev–Trinajstić information content (AvgIpc) is 2.66. The molecule has 0 saturated carbocycles. The molecule has 0 atom stereocenters. The van der Waals surface area contributed by atoms with Crippen LogP contribution in [0.25, 0.3) is 0 Å². The number of nitrogens with zero attached hydrogens (tertiary/aromatic N) is 1. The van der Waals surface area contributed by atoms with Crippen molar-refractivity contribution < 1.29 is 26.9 Å². The standard InChI is InChI=1S/C19H23ClN2O6S/c1-26-11-10-22(19(23)21-16-6-4-5-7-18(16)27-2)13-14-12-15(20)8-9-17(14)28-29(3,24)25/h4-9,12H,10-11,13H2,1-3H3,(H,21,23). The first-order valence-corrected chi connectivity index (χ1v) is 10.8. The van der Waals surface area contributed by atoms with Gasteiger partial charge in [-0.3, -0.25) is 0 Å². The largest absolute Gasteiger partial charge is 0.495 e. The van der Waals surface area contributed by atoms with Crippen molar-refractivity contribution in [3.05, 3.63) is 53.1 Å². The van der Waals surface area contributed by atoms with Gasteiger partial charge in [-0.2, -0.15) is 8.42 Å². The molecule has 1 N–H and O–H groups in total. The minimum Gasteiger partial charge on any atom is -0.495 e. The molecule has 0 heterocycles. The third kappa shape index (κ3) is 7.12. The van der Waals surface area contributed by atoms with Gasteiger partial charge in [-0.05, 0) is 30.3 Å². The lowest BCUT2D eigenvalue weighted by molar-refractivity contribution is 0.152. The van der Waals surface area contributed by atoms with Crippen molar-refractivity contribution in [2.24, 2.45) is 0 Å². The predicted molar refractivity (Wildman–Crippen MR) is 111 cm³/mol. The normalized spacial score (nSPS) is 11.0. The third-order valence-corrected chi connectivity index (χ3v) is 4.54. The highest BCUT2D eigenvalue weighted by molar-refractivity contribution is 7.86. The maximum absolute atomic E-state index is 12.9. The quantitative estimate of drug-likeness (QED) is 0.598. The van der Waals surface area contributed by atoms with E-state index in [0.717, 1.165) is 6.26 Å². The van der Waals surface area contributed by atoms with Crippen molar-refractivity contribution in [3.8, 4) is 11.5 Å². The van der Waals surface area contributed by atoms with Gasteiger partial charge in [0, 0.05) is 24.2 Å². The van der Waals surface area contributed by atoms with E-state index in [2.05, 4.69) is 5.32 Å². The highest BCUT2D eigenvalue weighted by Gasteiger charge is 2.19. The number of hydrogen-bond acceptors (Lipinski definition) is 6. The molecule has 0 fully saturated rings. The molecule has 0 unspecified atom stereocenters. The van der Waals surface area contributed by atoms with E-state index in [4.69, 9.17) is 25.3 Å². The number of methoxy groups -OCH3 is 2. The van der Waals surface area contributed by atoms with E-state index in [9.17, 15) is 13.2 Å². The number of carbonyl (C=O) groups excluding carboxylic acids is 1. The first-order chi connectivity index (χ1) is 13.7. The summed E-state index contributed by atoms with van der Waals surface area (Å²) in [5, 5.41) is 3.17. The van der Waals surface area contributed by atoms with Crippen LogP contribution in [0, 0.1) is 0 Å². The van der Waals surface area contributed by atoms with Gasteiger partial charge in [-0.25, -0.2) is 4.79 Å². The summed E-state index contributed by atoms with van der Waals surface area (Å²) in [6.45, 7) is 0.584. The van der Waals surface area contributed by atoms with Crippen LogP contribution in [0.1, 0.15) is 5.56 Å². The molecular weight excluding hydrogens is 420 g/mol. The number of anilines is 1. The number of hydrogen-bond donors (Lipinski definition) is 1. The van der Waals surface area contributed by atoms with E-state index < -0.39 is 16.1 Å². The van der Waals surface area contributed by atoms with Crippen molar-refractivity contribution in [1.29, 1.82) is 0 Å². The molecule has 0 spiro atoms. The molecule has 158 valence electrons. The van der Waals surface area contributed by atoms with Crippen molar-refractivity contribution in [2.75, 3.05) is 38.9 Å². The Kier molecular flexibility index (Phi) is 8.12. The van der Waals surface area contributed by atoms with Gasteiger partial charge in [0.15, 0.2) is 0 Å². The third-order valence-electron chi connectivity index (χ3n) is 3.83. The molecule has 10 heteroatoms. The van der Waals surface area contributed by atoms with E-state index >= 15 is 0 Å². The maximum atomic E-state index is 12.9. The first kappa shape index (κ1) is 22.8. The Bertz CT molecular complexity index is 951. The lowest BCUT2D eigenvalue weighted by Crippen LogP contribution is -2.37. The van der Waals surface area contributed by atoms with Crippen LogP contribution in [-0.2, 0) is 21.4 Å². The van der Waals surface area contributed by atoms with Gasteiger partial charge in [0.2, 0.25) is 0 Å². The molecule has 8 nitrogen and oxygen atoms in total. The summed E-state index contributed by atoms with van der Waals surface area (Å²) in [4.78, 5) is 14.3. The van der Waals surface area contributed by atoms with Crippen LogP contribution in [0.15, 0.2) is 42.5 Å². The van der Waals surface area contributed by atoms with E-state index in [1.165, 1.54) is 31.3 Å². The van der Waals surface area contributed by atoms with E-state index in [1.54, 1.807) is 30.3 Å². The number of amides is 2. The summed E-state index contributed by atoms with van der Waals surface area (Å²) in [7, 11) is -0.716. The van der Waals surface area contributed by atoms with Crippen molar-refractivity contribution in [1.82, 2.24) is 4.90 Å². The average molecular weight is 443 g/mol. The Hall–Kier alpha value is -2.49. The second-order valence-corrected chi connectivity index (χ2v) is 8.10. The number of halogens is 1. The topological polar surface area (TPSA) is 94.2 Å². The summed E-state index contributed by atoms with van der Waals surface area (Å²) in [5.74, 6) is 0.612. The summed E-state index contributed by atoms with van der Waals surface area (Å²) in [6, 6.07) is 11.1. The van der Waals surface area contributed by atoms with Crippen LogP contribution < -0.4 is 14.2 Å². The Labute approximate surface area is 175 Å². The summed E-state index contributed by atoms with van der Waals surface area (Å²) >= 11 is 6.06. The molecule has 0 aromatic heterocycles. The summed E-state index contributed by atoms with van der Waals surface area (Å²) in [5.41, 5.74) is 0.940. The van der Waals surface area contributed by atoms with E-state index in [1.807, 2.05) is 0 Å². The van der Waals surface area contributed by atoms with Gasteiger partial charge in [0.05, 0.1) is 32.2 Å². The Morgan fingerprint density at radius 3 is 2.52 bits per heavy atom. The van der Waals surface area contributed by atoms with E-state index in [0.29, 0.717) is 22.0 Å². The molecule has 0 aliphatic carbocycles. The fourth-order valence-corrected chi connectivity index (χ4v) is 3.20. The summed E-state index contributed by atoms with van der Waals surface area (Å²) < 4.78 is 38.5. The number of urea groups is 1. The molecule has 0 saturated heterocycles. The van der Waals surface area contributed by atoms with Crippen LogP contribution in [0.3, 0.4) is 0 Å². The zero-order valence-corrected chi connectivity index (χ0v) is 17.9. The Morgan fingerprint density at radius 1 is 1.14 bits per heavy atom. The number of nitrogens with one attached hydrogen (secondary N) is 1. The van der Waals surface area contributed by atoms with Crippen LogP contribution in [0.5, 0.6) is 11.5 Å². The number of benzene rings is 2. The highest BCUT2D eigenvalue weighted by Crippen LogP contribution is 2.27. The first-order valence-electron chi connectivity index (χ1n) is 8.59. The molecule has 2 aromatic carbocycles. The molecule has 2 aromatic rings. The fourth-order valence-electron chi connectivity index (χ4n) is 2.52. The van der Waals surface area contributed by atoms with Crippen LogP contribution in [0.4, 0.5) is 10.5 Å². The minimum atomic E-state index is -3.75. The van der Waals surface area contributed by atoms with Crippen LogP contribution >= 0.6 is 11.6 Å². The molecule has 0 bridgehead atoms. The smallest absolute Gasteiger partial charge is 0.322 e. The summed E-state index contributed by atoms with van der Waals surface area (Å²) in [6.07, 6.45) is 0.947. The highest BCUT2D eigenvalue weighted by atomic mass is 35.5. The zero-order valence-electron chi connectivity index (χ0n) is 16.3. The number of ether oxygens (including phenoxy) is 2. The minimum absolute atomic E-state index is 0.0513. The zero-order chi connectivity index (χ0) is 21.4. The van der Waals surface area contributed by atoms with Gasteiger partial charge in [0.25, 0.3) is 0 Å². The second kappa shape index (κ2) is 10.3. The van der Waals surface area contributed by atoms with Crippen LogP contribution in [-0.4, -0.2) is 53.0 Å². The number of carbonyl (C=O) groups is 1. The van der Waals surface area contributed by atoms with Gasteiger partial charge < -0.3 is 23.9 Å². The molecule has 29 heavy (non-hydrogen) atoms. The van der Waals surface area contributed by atoms with Crippen molar-refractivity contribution in [3.63, 3.8) is 0 Å². The van der Waals surface area contributed by atoms with Gasteiger partial charge >= 0.3 is 16.1 Å². The Balaban J connectivity index is 2.29. The number of rotatable bonds is 9.